The standard InChI is InChI=1S/C31H28N2/c1-22(2)26-20-28(24-13-6-4-7-14-24)30(29(21-26)25-15-8-5-9-16-25)33-19-18-32-31(33)27-17-11-10-12-23(27)3/h4-22H,1-3H3. The zero-order chi connectivity index (χ0) is 22.8. The zero-order valence-electron chi connectivity index (χ0n) is 19.4. The summed E-state index contributed by atoms with van der Waals surface area (Å²) < 4.78 is 2.26. The first-order valence-corrected chi connectivity index (χ1v) is 11.5. The molecule has 2 nitrogen and oxygen atoms in total. The van der Waals surface area contributed by atoms with Crippen LogP contribution in [-0.4, -0.2) is 9.55 Å². The highest BCUT2D eigenvalue weighted by Gasteiger charge is 2.20. The summed E-state index contributed by atoms with van der Waals surface area (Å²) in [4.78, 5) is 4.81. The Kier molecular flexibility index (Phi) is 5.66. The van der Waals surface area contributed by atoms with Gasteiger partial charge in [0.05, 0.1) is 5.69 Å². The second kappa shape index (κ2) is 8.91. The third-order valence-electron chi connectivity index (χ3n) is 6.24. The molecule has 4 aromatic carbocycles. The summed E-state index contributed by atoms with van der Waals surface area (Å²) in [5.41, 5.74) is 9.69. The van der Waals surface area contributed by atoms with Crippen molar-refractivity contribution < 1.29 is 0 Å². The van der Waals surface area contributed by atoms with E-state index >= 15 is 0 Å². The quantitative estimate of drug-likeness (QED) is 0.275. The Bertz CT molecular complexity index is 1320. The molecular weight excluding hydrogens is 400 g/mol. The Morgan fingerprint density at radius 1 is 0.667 bits per heavy atom. The van der Waals surface area contributed by atoms with Crippen molar-refractivity contribution in [2.24, 2.45) is 0 Å². The Hall–Kier alpha value is -3.91. The van der Waals surface area contributed by atoms with E-state index in [1.165, 1.54) is 33.4 Å². The smallest absolute Gasteiger partial charge is 0.144 e. The van der Waals surface area contributed by atoms with Crippen LogP contribution in [0, 0.1) is 6.92 Å². The largest absolute Gasteiger partial charge is 0.299 e. The number of rotatable bonds is 5. The van der Waals surface area contributed by atoms with Crippen molar-refractivity contribution in [1.82, 2.24) is 9.55 Å². The van der Waals surface area contributed by atoms with Crippen molar-refractivity contribution >= 4 is 0 Å². The van der Waals surface area contributed by atoms with E-state index in [0.29, 0.717) is 5.92 Å². The van der Waals surface area contributed by atoms with Gasteiger partial charge in [-0.05, 0) is 47.2 Å². The zero-order valence-corrected chi connectivity index (χ0v) is 19.4. The van der Waals surface area contributed by atoms with Crippen LogP contribution in [0.1, 0.15) is 30.9 Å². The lowest BCUT2D eigenvalue weighted by molar-refractivity contribution is 0.866. The molecular formula is C31H28N2. The highest BCUT2D eigenvalue weighted by molar-refractivity contribution is 5.87. The van der Waals surface area contributed by atoms with Gasteiger partial charge in [0, 0.05) is 29.1 Å². The summed E-state index contributed by atoms with van der Waals surface area (Å²) in [5, 5.41) is 0. The molecule has 0 aliphatic rings. The van der Waals surface area contributed by atoms with Gasteiger partial charge in [0.2, 0.25) is 0 Å². The number of hydrogen-bond donors (Lipinski definition) is 0. The average Bonchev–Trinajstić information content (AvgIpc) is 3.34. The minimum atomic E-state index is 0.419. The molecule has 33 heavy (non-hydrogen) atoms. The van der Waals surface area contributed by atoms with Crippen LogP contribution in [0.15, 0.2) is 109 Å². The van der Waals surface area contributed by atoms with Crippen molar-refractivity contribution in [2.75, 3.05) is 0 Å². The molecule has 0 fully saturated rings. The van der Waals surface area contributed by atoms with Crippen LogP contribution in [0.2, 0.25) is 0 Å². The van der Waals surface area contributed by atoms with E-state index in [1.807, 2.05) is 6.20 Å². The van der Waals surface area contributed by atoms with Gasteiger partial charge in [-0.25, -0.2) is 4.98 Å². The van der Waals surface area contributed by atoms with Gasteiger partial charge in [-0.1, -0.05) is 98.8 Å². The topological polar surface area (TPSA) is 17.8 Å². The number of benzene rings is 4. The molecule has 0 atom stereocenters. The van der Waals surface area contributed by atoms with Crippen LogP contribution in [0.3, 0.4) is 0 Å². The molecule has 1 heterocycles. The lowest BCUT2D eigenvalue weighted by Gasteiger charge is -2.22. The van der Waals surface area contributed by atoms with Crippen molar-refractivity contribution in [3.63, 3.8) is 0 Å². The van der Waals surface area contributed by atoms with Crippen LogP contribution >= 0.6 is 0 Å². The first-order chi connectivity index (χ1) is 16.1. The highest BCUT2D eigenvalue weighted by atomic mass is 15.1. The molecule has 0 aliphatic heterocycles. The third-order valence-corrected chi connectivity index (χ3v) is 6.24. The highest BCUT2D eigenvalue weighted by Crippen LogP contribution is 2.40. The minimum absolute atomic E-state index is 0.419. The second-order valence-electron chi connectivity index (χ2n) is 8.79. The molecule has 1 aromatic heterocycles. The van der Waals surface area contributed by atoms with Gasteiger partial charge in [0.1, 0.15) is 5.82 Å². The molecule has 2 heteroatoms. The summed E-state index contributed by atoms with van der Waals surface area (Å²) >= 11 is 0. The Balaban J connectivity index is 1.88. The summed E-state index contributed by atoms with van der Waals surface area (Å²) in [6.07, 6.45) is 3.99. The lowest BCUT2D eigenvalue weighted by Crippen LogP contribution is -2.04. The summed E-state index contributed by atoms with van der Waals surface area (Å²) in [6.45, 7) is 6.66. The van der Waals surface area contributed by atoms with E-state index in [0.717, 1.165) is 17.1 Å². The third kappa shape index (κ3) is 4.01. The van der Waals surface area contributed by atoms with Gasteiger partial charge >= 0.3 is 0 Å². The van der Waals surface area contributed by atoms with Gasteiger partial charge in [-0.3, -0.25) is 4.57 Å². The summed E-state index contributed by atoms with van der Waals surface area (Å²) in [7, 11) is 0. The van der Waals surface area contributed by atoms with Crippen molar-refractivity contribution in [2.45, 2.75) is 26.7 Å². The SMILES string of the molecule is Cc1ccccc1-c1nccn1-c1c(-c2ccccc2)cc(C(C)C)cc1-c1ccccc1. The van der Waals surface area contributed by atoms with Gasteiger partial charge in [-0.2, -0.15) is 0 Å². The van der Waals surface area contributed by atoms with Crippen molar-refractivity contribution in [3.05, 3.63) is 121 Å². The Morgan fingerprint density at radius 2 is 1.21 bits per heavy atom. The number of aryl methyl sites for hydroxylation is 1. The fraction of sp³-hybridized carbons (Fsp3) is 0.129. The maximum atomic E-state index is 4.81. The van der Waals surface area contributed by atoms with Crippen LogP contribution in [0.5, 0.6) is 0 Å². The van der Waals surface area contributed by atoms with Gasteiger partial charge in [-0.15, -0.1) is 0 Å². The van der Waals surface area contributed by atoms with E-state index in [2.05, 4.69) is 129 Å². The van der Waals surface area contributed by atoms with E-state index in [-0.39, 0.29) is 0 Å². The Morgan fingerprint density at radius 3 is 1.76 bits per heavy atom. The molecule has 5 rings (SSSR count). The number of nitrogens with zero attached hydrogens (tertiary/aromatic N) is 2. The molecule has 5 aromatic rings. The molecule has 0 spiro atoms. The van der Waals surface area contributed by atoms with Crippen molar-refractivity contribution in [3.8, 4) is 39.3 Å². The van der Waals surface area contributed by atoms with Crippen LogP contribution in [-0.2, 0) is 0 Å². The minimum Gasteiger partial charge on any atom is -0.299 e. The first-order valence-electron chi connectivity index (χ1n) is 11.5. The fourth-order valence-corrected chi connectivity index (χ4v) is 4.43. The average molecular weight is 429 g/mol. The molecule has 0 saturated carbocycles. The van der Waals surface area contributed by atoms with E-state index in [1.54, 1.807) is 0 Å². The van der Waals surface area contributed by atoms with E-state index in [9.17, 15) is 0 Å². The lowest BCUT2D eigenvalue weighted by atomic mass is 9.89. The maximum Gasteiger partial charge on any atom is 0.144 e. The molecule has 0 N–H and O–H groups in total. The Labute approximate surface area is 196 Å². The fourth-order valence-electron chi connectivity index (χ4n) is 4.43. The molecule has 0 amide bonds. The predicted octanol–water partition coefficient (Wildman–Crippen LogP) is 8.31. The molecule has 0 saturated heterocycles. The number of aromatic nitrogens is 2. The van der Waals surface area contributed by atoms with Gasteiger partial charge in [0.25, 0.3) is 0 Å². The molecule has 0 radical (unpaired) electrons. The van der Waals surface area contributed by atoms with E-state index < -0.39 is 0 Å². The number of hydrogen-bond acceptors (Lipinski definition) is 1. The summed E-state index contributed by atoms with van der Waals surface area (Å²) in [6, 6.07) is 34.5. The summed E-state index contributed by atoms with van der Waals surface area (Å²) in [5.74, 6) is 1.38. The molecule has 0 aliphatic carbocycles. The van der Waals surface area contributed by atoms with Crippen LogP contribution in [0.4, 0.5) is 0 Å². The normalized spacial score (nSPS) is 11.2. The molecule has 162 valence electrons. The number of imidazole rings is 1. The predicted molar refractivity (Wildman–Crippen MR) is 139 cm³/mol. The van der Waals surface area contributed by atoms with Crippen molar-refractivity contribution in [1.29, 1.82) is 0 Å². The van der Waals surface area contributed by atoms with Crippen LogP contribution < -0.4 is 0 Å². The van der Waals surface area contributed by atoms with Crippen LogP contribution in [0.25, 0.3) is 39.3 Å². The molecule has 0 bridgehead atoms. The second-order valence-corrected chi connectivity index (χ2v) is 8.79. The van der Waals surface area contributed by atoms with E-state index in [4.69, 9.17) is 4.98 Å². The maximum absolute atomic E-state index is 4.81. The first kappa shape index (κ1) is 21.0. The van der Waals surface area contributed by atoms with Gasteiger partial charge in [0.15, 0.2) is 0 Å². The molecule has 0 unspecified atom stereocenters. The van der Waals surface area contributed by atoms with Gasteiger partial charge < -0.3 is 0 Å². The monoisotopic (exact) mass is 428 g/mol.